The predicted octanol–water partition coefficient (Wildman–Crippen LogP) is 3.38. The number of rotatable bonds is 3. The lowest BCUT2D eigenvalue weighted by atomic mass is 10.2. The number of amides is 1. The number of carbonyl (C=O) groups is 1. The lowest BCUT2D eigenvalue weighted by Crippen LogP contribution is -2.23. The summed E-state index contributed by atoms with van der Waals surface area (Å²) in [7, 11) is 3.41. The molecule has 1 saturated heterocycles. The summed E-state index contributed by atoms with van der Waals surface area (Å²) in [6.07, 6.45) is 1.86. The second kappa shape index (κ2) is 6.45. The average molecular weight is 355 g/mol. The highest BCUT2D eigenvalue weighted by atomic mass is 79.9. The molecule has 0 unspecified atom stereocenters. The second-order valence-corrected chi connectivity index (χ2v) is 5.97. The molecule has 0 N–H and O–H groups in total. The van der Waals surface area contributed by atoms with E-state index in [1.54, 1.807) is 19.0 Å². The number of nitrogens with zero attached hydrogens (tertiary/aromatic N) is 2. The van der Waals surface area contributed by atoms with Crippen LogP contribution in [0.2, 0.25) is 0 Å². The molecule has 20 heavy (non-hydrogen) atoms. The first-order valence-electron chi connectivity index (χ1n) is 6.13. The molecule has 1 aliphatic rings. The first kappa shape index (κ1) is 15.1. The van der Waals surface area contributed by atoms with Gasteiger partial charge in [0.05, 0.1) is 16.0 Å². The van der Waals surface area contributed by atoms with Crippen LogP contribution in [-0.4, -0.2) is 36.7 Å². The van der Waals surface area contributed by atoms with E-state index in [0.29, 0.717) is 16.7 Å². The molecule has 106 valence electrons. The Hall–Kier alpha value is -1.27. The maximum atomic E-state index is 12.1. The van der Waals surface area contributed by atoms with Crippen molar-refractivity contribution in [1.82, 2.24) is 4.90 Å². The van der Waals surface area contributed by atoms with Gasteiger partial charge in [0.15, 0.2) is 5.17 Å². The monoisotopic (exact) mass is 354 g/mol. The number of likely N-dealkylation sites (N-methyl/N-ethyl adjacent to an activating group) is 1. The largest absolute Gasteiger partial charge is 0.493 e. The number of thioether (sulfide) groups is 1. The van der Waals surface area contributed by atoms with Gasteiger partial charge in [0.1, 0.15) is 5.75 Å². The number of ether oxygens (including phenoxy) is 1. The number of hydrogen-bond donors (Lipinski definition) is 0. The van der Waals surface area contributed by atoms with Crippen LogP contribution in [0.1, 0.15) is 12.5 Å². The van der Waals surface area contributed by atoms with Crippen molar-refractivity contribution in [3.63, 3.8) is 0 Å². The van der Waals surface area contributed by atoms with E-state index in [1.165, 1.54) is 11.8 Å². The molecule has 1 aliphatic heterocycles. The molecule has 1 aromatic carbocycles. The van der Waals surface area contributed by atoms with Crippen LogP contribution in [0, 0.1) is 0 Å². The Labute approximate surface area is 131 Å². The quantitative estimate of drug-likeness (QED) is 0.781. The third kappa shape index (κ3) is 3.07. The highest BCUT2D eigenvalue weighted by molar-refractivity contribution is 9.10. The summed E-state index contributed by atoms with van der Waals surface area (Å²) in [6, 6.07) is 5.76. The third-order valence-corrected chi connectivity index (χ3v) is 4.52. The Morgan fingerprint density at radius 1 is 1.50 bits per heavy atom. The molecule has 0 spiro atoms. The average Bonchev–Trinajstić information content (AvgIpc) is 2.70. The summed E-state index contributed by atoms with van der Waals surface area (Å²) in [5.74, 6) is 0.772. The molecule has 1 fully saturated rings. The number of hydrogen-bond acceptors (Lipinski definition) is 4. The fourth-order valence-corrected chi connectivity index (χ4v) is 3.22. The molecular formula is C14H15BrN2O2S. The zero-order valence-corrected chi connectivity index (χ0v) is 13.9. The third-order valence-electron chi connectivity index (χ3n) is 2.75. The summed E-state index contributed by atoms with van der Waals surface area (Å²) < 4.78 is 6.34. The van der Waals surface area contributed by atoms with Gasteiger partial charge in [-0.15, -0.1) is 0 Å². The predicted molar refractivity (Wildman–Crippen MR) is 87.0 cm³/mol. The lowest BCUT2D eigenvalue weighted by molar-refractivity contribution is -0.121. The summed E-state index contributed by atoms with van der Waals surface area (Å²) in [4.78, 5) is 18.4. The van der Waals surface area contributed by atoms with Crippen LogP contribution in [0.4, 0.5) is 0 Å². The van der Waals surface area contributed by atoms with E-state index < -0.39 is 0 Å². The molecule has 0 radical (unpaired) electrons. The molecule has 1 heterocycles. The molecule has 1 amide bonds. The van der Waals surface area contributed by atoms with Crippen molar-refractivity contribution in [3.05, 3.63) is 33.1 Å². The molecule has 0 aromatic heterocycles. The van der Waals surface area contributed by atoms with Crippen LogP contribution in [0.5, 0.6) is 5.75 Å². The molecular weight excluding hydrogens is 340 g/mol. The maximum Gasteiger partial charge on any atom is 0.266 e. The van der Waals surface area contributed by atoms with E-state index in [9.17, 15) is 4.79 Å². The zero-order chi connectivity index (χ0) is 14.7. The van der Waals surface area contributed by atoms with Gasteiger partial charge >= 0.3 is 0 Å². The van der Waals surface area contributed by atoms with E-state index >= 15 is 0 Å². The molecule has 4 nitrogen and oxygen atoms in total. The number of carbonyl (C=O) groups excluding carboxylic acids is 1. The number of amidine groups is 1. The van der Waals surface area contributed by atoms with Crippen molar-refractivity contribution >= 4 is 44.8 Å². The summed E-state index contributed by atoms with van der Waals surface area (Å²) >= 11 is 4.85. The van der Waals surface area contributed by atoms with E-state index in [-0.39, 0.29) is 5.91 Å². The zero-order valence-electron chi connectivity index (χ0n) is 11.5. The Morgan fingerprint density at radius 3 is 2.80 bits per heavy atom. The Kier molecular flexibility index (Phi) is 4.88. The van der Waals surface area contributed by atoms with Crippen molar-refractivity contribution < 1.29 is 9.53 Å². The lowest BCUT2D eigenvalue weighted by Gasteiger charge is -2.06. The van der Waals surface area contributed by atoms with Gasteiger partial charge in [0, 0.05) is 14.1 Å². The van der Waals surface area contributed by atoms with Crippen molar-refractivity contribution in [3.8, 4) is 5.75 Å². The van der Waals surface area contributed by atoms with E-state index in [2.05, 4.69) is 20.9 Å². The van der Waals surface area contributed by atoms with E-state index in [1.807, 2.05) is 31.2 Å². The topological polar surface area (TPSA) is 41.9 Å². The first-order chi connectivity index (χ1) is 9.56. The van der Waals surface area contributed by atoms with Crippen molar-refractivity contribution in [2.75, 3.05) is 20.7 Å². The molecule has 0 aliphatic carbocycles. The van der Waals surface area contributed by atoms with Gasteiger partial charge in [-0.3, -0.25) is 14.7 Å². The van der Waals surface area contributed by atoms with Gasteiger partial charge in [0.25, 0.3) is 5.91 Å². The first-order valence-corrected chi connectivity index (χ1v) is 7.74. The van der Waals surface area contributed by atoms with E-state index in [4.69, 9.17) is 4.74 Å². The van der Waals surface area contributed by atoms with Crippen LogP contribution in [0.15, 0.2) is 32.6 Å². The summed E-state index contributed by atoms with van der Waals surface area (Å²) in [5, 5.41) is 0.714. The molecule has 0 saturated carbocycles. The van der Waals surface area contributed by atoms with Gasteiger partial charge in [-0.25, -0.2) is 0 Å². The van der Waals surface area contributed by atoms with Gasteiger partial charge in [-0.2, -0.15) is 0 Å². The van der Waals surface area contributed by atoms with Crippen LogP contribution < -0.4 is 4.74 Å². The Bertz CT molecular complexity index is 599. The normalized spacial score (nSPS) is 19.2. The summed E-state index contributed by atoms with van der Waals surface area (Å²) in [5.41, 5.74) is 0.946. The van der Waals surface area contributed by atoms with E-state index in [0.717, 1.165) is 15.8 Å². The minimum absolute atomic E-state index is 0.0272. The smallest absolute Gasteiger partial charge is 0.266 e. The highest BCUT2D eigenvalue weighted by Gasteiger charge is 2.29. The fraction of sp³-hybridized carbons (Fsp3) is 0.286. The van der Waals surface area contributed by atoms with Crippen molar-refractivity contribution in [1.29, 1.82) is 0 Å². The highest BCUT2D eigenvalue weighted by Crippen LogP contribution is 2.33. The molecule has 0 atom stereocenters. The minimum Gasteiger partial charge on any atom is -0.493 e. The Balaban J connectivity index is 2.28. The van der Waals surface area contributed by atoms with Crippen LogP contribution >= 0.6 is 27.7 Å². The molecule has 1 aromatic rings. The van der Waals surface area contributed by atoms with Gasteiger partial charge < -0.3 is 4.74 Å². The fourth-order valence-electron chi connectivity index (χ4n) is 1.78. The molecule has 0 bridgehead atoms. The standard InChI is InChI=1S/C14H15BrN2O2S/c1-4-19-11-6-5-9(7-10(11)15)8-12-13(18)17(3)14(16-2)20-12/h5-8H,4H2,1-3H3/b12-8+,16-14?. The van der Waals surface area contributed by atoms with Gasteiger partial charge in [-0.1, -0.05) is 6.07 Å². The van der Waals surface area contributed by atoms with Gasteiger partial charge in [0.2, 0.25) is 0 Å². The van der Waals surface area contributed by atoms with Crippen molar-refractivity contribution in [2.45, 2.75) is 6.92 Å². The minimum atomic E-state index is -0.0272. The Morgan fingerprint density at radius 2 is 2.25 bits per heavy atom. The second-order valence-electron chi connectivity index (χ2n) is 4.10. The molecule has 6 heteroatoms. The SMILES string of the molecule is CCOc1ccc(/C=C2/SC(=NC)N(C)C2=O)cc1Br. The maximum absolute atomic E-state index is 12.1. The van der Waals surface area contributed by atoms with Crippen LogP contribution in [0.25, 0.3) is 6.08 Å². The summed E-state index contributed by atoms with van der Waals surface area (Å²) in [6.45, 7) is 2.56. The van der Waals surface area contributed by atoms with Crippen molar-refractivity contribution in [2.24, 2.45) is 4.99 Å². The van der Waals surface area contributed by atoms with Gasteiger partial charge in [-0.05, 0) is 58.4 Å². The van der Waals surface area contributed by atoms with Crippen LogP contribution in [0.3, 0.4) is 0 Å². The van der Waals surface area contributed by atoms with Crippen LogP contribution in [-0.2, 0) is 4.79 Å². The number of aliphatic imine (C=N–C) groups is 1. The number of benzene rings is 1. The number of halogens is 1. The molecule has 2 rings (SSSR count).